The fraction of sp³-hybridized carbons (Fsp3) is 0.900. The van der Waals surface area contributed by atoms with E-state index in [4.69, 9.17) is 4.74 Å². The molecule has 0 N–H and O–H groups in total. The van der Waals surface area contributed by atoms with Gasteiger partial charge in [0.15, 0.2) is 0 Å². The van der Waals surface area contributed by atoms with Gasteiger partial charge in [0.1, 0.15) is 0 Å². The van der Waals surface area contributed by atoms with Crippen molar-refractivity contribution in [1.82, 2.24) is 0 Å². The lowest BCUT2D eigenvalue weighted by atomic mass is 9.44. The molecular formula is C20H34O. The van der Waals surface area contributed by atoms with Crippen molar-refractivity contribution in [3.63, 3.8) is 0 Å². The summed E-state index contributed by atoms with van der Waals surface area (Å²) in [4.78, 5) is 0. The summed E-state index contributed by atoms with van der Waals surface area (Å²) in [7, 11) is 0. The highest BCUT2D eigenvalue weighted by atomic mass is 16.5. The molecule has 0 spiro atoms. The fourth-order valence-electron chi connectivity index (χ4n) is 6.52. The SMILES string of the molecule is C=C[C@]1(C)CC[C@@H]2[C@@]3(C)CCCC(C)(C)[C@H]3CC[C@@]2(C)O1. The van der Waals surface area contributed by atoms with E-state index in [1.54, 1.807) is 0 Å². The summed E-state index contributed by atoms with van der Waals surface area (Å²) in [6.07, 6.45) is 11.2. The Morgan fingerprint density at radius 2 is 1.57 bits per heavy atom. The van der Waals surface area contributed by atoms with Gasteiger partial charge in [-0.15, -0.1) is 6.58 Å². The van der Waals surface area contributed by atoms with E-state index in [1.807, 2.05) is 6.08 Å². The average molecular weight is 290 g/mol. The van der Waals surface area contributed by atoms with E-state index in [-0.39, 0.29) is 11.2 Å². The summed E-state index contributed by atoms with van der Waals surface area (Å²) in [6.45, 7) is 16.2. The van der Waals surface area contributed by atoms with Crippen LogP contribution in [0.25, 0.3) is 0 Å². The van der Waals surface area contributed by atoms with Crippen LogP contribution in [0, 0.1) is 22.7 Å². The topological polar surface area (TPSA) is 9.23 Å². The molecule has 0 aromatic rings. The Balaban J connectivity index is 1.94. The largest absolute Gasteiger partial charge is 0.365 e. The van der Waals surface area contributed by atoms with E-state index in [9.17, 15) is 0 Å². The molecule has 0 aromatic heterocycles. The molecule has 3 rings (SSSR count). The lowest BCUT2D eigenvalue weighted by Crippen LogP contribution is -2.62. The molecule has 2 saturated carbocycles. The number of hydrogen-bond acceptors (Lipinski definition) is 1. The number of hydrogen-bond donors (Lipinski definition) is 0. The van der Waals surface area contributed by atoms with Gasteiger partial charge in [-0.2, -0.15) is 0 Å². The van der Waals surface area contributed by atoms with Crippen molar-refractivity contribution in [2.24, 2.45) is 22.7 Å². The third-order valence-corrected chi connectivity index (χ3v) is 7.57. The molecule has 1 heteroatoms. The molecule has 0 aromatic carbocycles. The standard InChI is InChI=1S/C20H34O/c1-7-18(4)13-9-16-19(5)12-8-11-17(2,3)15(19)10-14-20(16,6)21-18/h7,15-16H,1,8-14H2,2-6H3/t15-,16-,18-,19+,20-/m1/s1. The van der Waals surface area contributed by atoms with Crippen molar-refractivity contribution < 1.29 is 4.74 Å². The minimum Gasteiger partial charge on any atom is -0.365 e. The first-order valence-corrected chi connectivity index (χ1v) is 8.99. The molecule has 1 saturated heterocycles. The summed E-state index contributed by atoms with van der Waals surface area (Å²) in [5.41, 5.74) is 0.920. The fourth-order valence-corrected chi connectivity index (χ4v) is 6.52. The van der Waals surface area contributed by atoms with E-state index >= 15 is 0 Å². The van der Waals surface area contributed by atoms with Crippen LogP contribution >= 0.6 is 0 Å². The Kier molecular flexibility index (Phi) is 3.41. The van der Waals surface area contributed by atoms with Crippen LogP contribution in [0.2, 0.25) is 0 Å². The second kappa shape index (κ2) is 4.60. The lowest BCUT2D eigenvalue weighted by Gasteiger charge is -2.65. The zero-order valence-electron chi connectivity index (χ0n) is 14.8. The average Bonchev–Trinajstić information content (AvgIpc) is 2.36. The molecule has 120 valence electrons. The lowest BCUT2D eigenvalue weighted by molar-refractivity contribution is -0.252. The van der Waals surface area contributed by atoms with Gasteiger partial charge in [-0.1, -0.05) is 33.3 Å². The summed E-state index contributed by atoms with van der Waals surface area (Å²) in [6, 6.07) is 0. The van der Waals surface area contributed by atoms with Crippen LogP contribution in [0.4, 0.5) is 0 Å². The summed E-state index contributed by atoms with van der Waals surface area (Å²) < 4.78 is 6.68. The third kappa shape index (κ3) is 2.22. The molecule has 0 amide bonds. The van der Waals surface area contributed by atoms with Gasteiger partial charge in [0.05, 0.1) is 11.2 Å². The first kappa shape index (κ1) is 15.6. The minimum atomic E-state index is -0.112. The van der Waals surface area contributed by atoms with Crippen molar-refractivity contribution in [3.05, 3.63) is 12.7 Å². The molecule has 2 aliphatic carbocycles. The summed E-state index contributed by atoms with van der Waals surface area (Å²) in [5.74, 6) is 1.59. The zero-order valence-corrected chi connectivity index (χ0v) is 14.8. The smallest absolute Gasteiger partial charge is 0.0839 e. The number of fused-ring (bicyclic) bond motifs is 3. The molecule has 1 nitrogen and oxygen atoms in total. The Labute approximate surface area is 131 Å². The van der Waals surface area contributed by atoms with Crippen LogP contribution in [-0.4, -0.2) is 11.2 Å². The highest BCUT2D eigenvalue weighted by Crippen LogP contribution is 2.65. The molecule has 0 unspecified atom stereocenters. The van der Waals surface area contributed by atoms with Crippen LogP contribution in [0.5, 0.6) is 0 Å². The zero-order chi connectivity index (χ0) is 15.5. The summed E-state index contributed by atoms with van der Waals surface area (Å²) in [5, 5.41) is 0. The van der Waals surface area contributed by atoms with Crippen molar-refractivity contribution in [3.8, 4) is 0 Å². The van der Waals surface area contributed by atoms with Gasteiger partial charge in [-0.05, 0) is 75.0 Å². The molecule has 5 atom stereocenters. The number of rotatable bonds is 1. The van der Waals surface area contributed by atoms with E-state index in [2.05, 4.69) is 41.2 Å². The molecule has 1 heterocycles. The van der Waals surface area contributed by atoms with E-state index < -0.39 is 0 Å². The summed E-state index contributed by atoms with van der Waals surface area (Å²) >= 11 is 0. The van der Waals surface area contributed by atoms with Crippen LogP contribution in [-0.2, 0) is 4.74 Å². The Hall–Kier alpha value is -0.300. The van der Waals surface area contributed by atoms with Gasteiger partial charge in [0, 0.05) is 0 Å². The normalized spacial score (nSPS) is 52.6. The van der Waals surface area contributed by atoms with Gasteiger partial charge < -0.3 is 4.74 Å². The molecule has 0 bridgehead atoms. The highest BCUT2D eigenvalue weighted by Gasteiger charge is 2.61. The predicted octanol–water partition coefficient (Wildman–Crippen LogP) is 5.74. The van der Waals surface area contributed by atoms with Crippen LogP contribution in [0.1, 0.15) is 79.6 Å². The maximum absolute atomic E-state index is 6.68. The van der Waals surface area contributed by atoms with Gasteiger partial charge in [-0.25, -0.2) is 0 Å². The Morgan fingerprint density at radius 3 is 2.24 bits per heavy atom. The predicted molar refractivity (Wildman–Crippen MR) is 89.3 cm³/mol. The molecule has 1 aliphatic heterocycles. The van der Waals surface area contributed by atoms with Crippen molar-refractivity contribution in [1.29, 1.82) is 0 Å². The molecular weight excluding hydrogens is 256 g/mol. The first-order chi connectivity index (χ1) is 9.65. The monoisotopic (exact) mass is 290 g/mol. The first-order valence-electron chi connectivity index (χ1n) is 8.99. The maximum Gasteiger partial charge on any atom is 0.0839 e. The maximum atomic E-state index is 6.68. The van der Waals surface area contributed by atoms with E-state index in [0.717, 1.165) is 18.3 Å². The molecule has 21 heavy (non-hydrogen) atoms. The molecule has 3 fully saturated rings. The van der Waals surface area contributed by atoms with Gasteiger partial charge in [0.25, 0.3) is 0 Å². The van der Waals surface area contributed by atoms with E-state index in [1.165, 1.54) is 38.5 Å². The quantitative estimate of drug-likeness (QED) is 0.559. The number of ether oxygens (including phenoxy) is 1. The van der Waals surface area contributed by atoms with Gasteiger partial charge in [-0.3, -0.25) is 0 Å². The second-order valence-corrected chi connectivity index (χ2v) is 9.46. The van der Waals surface area contributed by atoms with Crippen molar-refractivity contribution in [2.45, 2.75) is 90.8 Å². The van der Waals surface area contributed by atoms with Crippen LogP contribution < -0.4 is 0 Å². The highest BCUT2D eigenvalue weighted by molar-refractivity contribution is 5.12. The van der Waals surface area contributed by atoms with Crippen molar-refractivity contribution >= 4 is 0 Å². The van der Waals surface area contributed by atoms with Gasteiger partial charge in [0.2, 0.25) is 0 Å². The van der Waals surface area contributed by atoms with Gasteiger partial charge >= 0.3 is 0 Å². The minimum absolute atomic E-state index is 0.0554. The van der Waals surface area contributed by atoms with Crippen LogP contribution in [0.3, 0.4) is 0 Å². The Bertz CT molecular complexity index is 439. The molecule has 3 aliphatic rings. The third-order valence-electron chi connectivity index (χ3n) is 7.57. The molecule has 0 radical (unpaired) electrons. The second-order valence-electron chi connectivity index (χ2n) is 9.46. The van der Waals surface area contributed by atoms with Crippen LogP contribution in [0.15, 0.2) is 12.7 Å². The van der Waals surface area contributed by atoms with Crippen molar-refractivity contribution in [2.75, 3.05) is 0 Å². The Morgan fingerprint density at radius 1 is 0.905 bits per heavy atom. The van der Waals surface area contributed by atoms with E-state index in [0.29, 0.717) is 10.8 Å².